The lowest BCUT2D eigenvalue weighted by Crippen LogP contribution is -2.29. The molecule has 3 rings (SSSR count). The Morgan fingerprint density at radius 3 is 1.94 bits per heavy atom. The highest BCUT2D eigenvalue weighted by Crippen LogP contribution is 2.65. The fraction of sp³-hybridized carbons (Fsp3) is 1.00. The normalized spacial score (nSPS) is 54.6. The lowest BCUT2D eigenvalue weighted by molar-refractivity contribution is 0.131. The molecule has 0 heterocycles. The second-order valence-corrected chi connectivity index (χ2v) is 6.79. The van der Waals surface area contributed by atoms with E-state index in [0.29, 0.717) is 0 Å². The summed E-state index contributed by atoms with van der Waals surface area (Å²) in [6.07, 6.45) is 9.15. The van der Waals surface area contributed by atoms with E-state index in [-0.39, 0.29) is 0 Å². The van der Waals surface area contributed by atoms with Gasteiger partial charge in [-0.3, -0.25) is 0 Å². The fourth-order valence-electron chi connectivity index (χ4n) is 6.00. The minimum Gasteiger partial charge on any atom is -0.0651 e. The van der Waals surface area contributed by atoms with Gasteiger partial charge in [-0.1, -0.05) is 40.0 Å². The molecular formula is C16H28. The third kappa shape index (κ3) is 1.34. The lowest BCUT2D eigenvalue weighted by Gasteiger charge is -2.35. The number of hydrogen-bond donors (Lipinski definition) is 0. The van der Waals surface area contributed by atoms with Crippen LogP contribution in [0.1, 0.15) is 59.3 Å². The van der Waals surface area contributed by atoms with Crippen molar-refractivity contribution < 1.29 is 0 Å². The highest BCUT2D eigenvalue weighted by Gasteiger charge is 2.58. The second kappa shape index (κ2) is 4.03. The van der Waals surface area contributed by atoms with Crippen LogP contribution in [-0.4, -0.2) is 0 Å². The summed E-state index contributed by atoms with van der Waals surface area (Å²) in [4.78, 5) is 0. The molecule has 0 saturated heterocycles. The Hall–Kier alpha value is 0. The highest BCUT2D eigenvalue weighted by atomic mass is 14.6. The first-order valence-corrected chi connectivity index (χ1v) is 7.80. The Labute approximate surface area is 101 Å². The quantitative estimate of drug-likeness (QED) is 0.644. The minimum absolute atomic E-state index is 1.10. The number of hydrogen-bond acceptors (Lipinski definition) is 0. The molecule has 3 saturated carbocycles. The van der Waals surface area contributed by atoms with Crippen molar-refractivity contribution >= 4 is 0 Å². The molecule has 92 valence electrons. The summed E-state index contributed by atoms with van der Waals surface area (Å²) in [5.41, 5.74) is 0. The van der Waals surface area contributed by atoms with E-state index in [9.17, 15) is 0 Å². The average molecular weight is 220 g/mol. The van der Waals surface area contributed by atoms with Crippen LogP contribution in [0.2, 0.25) is 0 Å². The highest BCUT2D eigenvalue weighted by molar-refractivity contribution is 5.07. The Balaban J connectivity index is 1.84. The number of fused-ring (bicyclic) bond motifs is 5. The van der Waals surface area contributed by atoms with Gasteiger partial charge in [0.25, 0.3) is 0 Å². The van der Waals surface area contributed by atoms with Crippen LogP contribution in [0.3, 0.4) is 0 Å². The van der Waals surface area contributed by atoms with E-state index in [1.807, 2.05) is 0 Å². The van der Waals surface area contributed by atoms with E-state index in [0.717, 1.165) is 41.4 Å². The molecule has 0 N–H and O–H groups in total. The van der Waals surface area contributed by atoms with Crippen LogP contribution >= 0.6 is 0 Å². The van der Waals surface area contributed by atoms with Gasteiger partial charge in [-0.05, 0) is 60.7 Å². The molecule has 2 bridgehead atoms. The van der Waals surface area contributed by atoms with Gasteiger partial charge in [0, 0.05) is 0 Å². The molecule has 0 spiro atoms. The van der Waals surface area contributed by atoms with Crippen molar-refractivity contribution in [3.63, 3.8) is 0 Å². The summed E-state index contributed by atoms with van der Waals surface area (Å²) in [6, 6.07) is 0. The standard InChI is InChI=1S/C16H28/c1-4-10-7-13-9-14(10)16-12(6-3)8-11(5-2)15(13)16/h10-16H,4-9H2,1-3H3/t10?,11?,12?,13-,14+,15?,16?/m1/s1. The van der Waals surface area contributed by atoms with Crippen molar-refractivity contribution in [1.29, 1.82) is 0 Å². The third-order valence-electron chi connectivity index (χ3n) is 6.54. The summed E-state index contributed by atoms with van der Waals surface area (Å²) in [6.45, 7) is 7.29. The first-order valence-electron chi connectivity index (χ1n) is 7.80. The molecule has 3 fully saturated rings. The van der Waals surface area contributed by atoms with Crippen molar-refractivity contribution in [2.45, 2.75) is 59.3 Å². The summed E-state index contributed by atoms with van der Waals surface area (Å²) in [5.74, 6) is 7.89. The molecule has 0 nitrogen and oxygen atoms in total. The van der Waals surface area contributed by atoms with Crippen molar-refractivity contribution in [2.75, 3.05) is 0 Å². The van der Waals surface area contributed by atoms with E-state index in [1.54, 1.807) is 19.3 Å². The van der Waals surface area contributed by atoms with Gasteiger partial charge in [-0.2, -0.15) is 0 Å². The van der Waals surface area contributed by atoms with Gasteiger partial charge in [-0.25, -0.2) is 0 Å². The first-order chi connectivity index (χ1) is 7.80. The predicted octanol–water partition coefficient (Wildman–Crippen LogP) is 4.74. The van der Waals surface area contributed by atoms with Gasteiger partial charge in [0.15, 0.2) is 0 Å². The first kappa shape index (κ1) is 11.1. The second-order valence-electron chi connectivity index (χ2n) is 6.79. The van der Waals surface area contributed by atoms with Crippen LogP contribution in [0.25, 0.3) is 0 Å². The van der Waals surface area contributed by atoms with Gasteiger partial charge in [-0.15, -0.1) is 0 Å². The lowest BCUT2D eigenvalue weighted by atomic mass is 9.70. The van der Waals surface area contributed by atoms with Crippen LogP contribution in [0.5, 0.6) is 0 Å². The average Bonchev–Trinajstić information content (AvgIpc) is 2.97. The van der Waals surface area contributed by atoms with Crippen LogP contribution in [0.15, 0.2) is 0 Å². The molecular weight excluding hydrogens is 192 g/mol. The molecule has 16 heavy (non-hydrogen) atoms. The molecule has 0 aromatic carbocycles. The topological polar surface area (TPSA) is 0 Å². The fourth-order valence-corrected chi connectivity index (χ4v) is 6.00. The number of rotatable bonds is 3. The van der Waals surface area contributed by atoms with Crippen molar-refractivity contribution in [3.05, 3.63) is 0 Å². The zero-order valence-corrected chi connectivity index (χ0v) is 11.3. The van der Waals surface area contributed by atoms with Crippen LogP contribution in [0.4, 0.5) is 0 Å². The van der Waals surface area contributed by atoms with Crippen molar-refractivity contribution in [1.82, 2.24) is 0 Å². The van der Waals surface area contributed by atoms with Gasteiger partial charge < -0.3 is 0 Å². The van der Waals surface area contributed by atoms with Crippen LogP contribution < -0.4 is 0 Å². The maximum Gasteiger partial charge on any atom is -0.0321 e. The van der Waals surface area contributed by atoms with Gasteiger partial charge in [0.05, 0.1) is 0 Å². The predicted molar refractivity (Wildman–Crippen MR) is 69.2 cm³/mol. The van der Waals surface area contributed by atoms with Crippen molar-refractivity contribution in [3.8, 4) is 0 Å². The molecule has 7 atom stereocenters. The summed E-state index contributed by atoms with van der Waals surface area (Å²) < 4.78 is 0. The smallest absolute Gasteiger partial charge is 0.0321 e. The Kier molecular flexibility index (Phi) is 2.80. The SMILES string of the molecule is CCC1CC(CC)C2C1[C@@H]1CC(CC)[C@@H]2C1. The van der Waals surface area contributed by atoms with Gasteiger partial charge >= 0.3 is 0 Å². The summed E-state index contributed by atoms with van der Waals surface area (Å²) in [7, 11) is 0. The molecule has 0 radical (unpaired) electrons. The monoisotopic (exact) mass is 220 g/mol. The molecule has 0 aliphatic heterocycles. The maximum atomic E-state index is 2.44. The van der Waals surface area contributed by atoms with E-state index < -0.39 is 0 Å². The summed E-state index contributed by atoms with van der Waals surface area (Å²) >= 11 is 0. The maximum absolute atomic E-state index is 2.44. The van der Waals surface area contributed by atoms with E-state index >= 15 is 0 Å². The van der Waals surface area contributed by atoms with Crippen molar-refractivity contribution in [2.24, 2.45) is 41.4 Å². The Morgan fingerprint density at radius 2 is 1.31 bits per heavy atom. The molecule has 3 aliphatic carbocycles. The minimum atomic E-state index is 1.10. The van der Waals surface area contributed by atoms with Crippen LogP contribution in [0, 0.1) is 41.4 Å². The van der Waals surface area contributed by atoms with Gasteiger partial charge in [0.1, 0.15) is 0 Å². The third-order valence-corrected chi connectivity index (χ3v) is 6.54. The Bertz CT molecular complexity index is 257. The zero-order chi connectivity index (χ0) is 11.3. The summed E-state index contributed by atoms with van der Waals surface area (Å²) in [5, 5.41) is 0. The zero-order valence-electron chi connectivity index (χ0n) is 11.3. The molecule has 0 amide bonds. The van der Waals surface area contributed by atoms with Crippen LogP contribution in [-0.2, 0) is 0 Å². The largest absolute Gasteiger partial charge is 0.0651 e. The molecule has 5 unspecified atom stereocenters. The van der Waals surface area contributed by atoms with E-state index in [1.165, 1.54) is 19.3 Å². The Morgan fingerprint density at radius 1 is 0.688 bits per heavy atom. The molecule has 3 aliphatic rings. The van der Waals surface area contributed by atoms with E-state index in [4.69, 9.17) is 0 Å². The molecule has 0 aromatic rings. The molecule has 0 aromatic heterocycles. The molecule has 0 heteroatoms. The van der Waals surface area contributed by atoms with Gasteiger partial charge in [0.2, 0.25) is 0 Å². The van der Waals surface area contributed by atoms with E-state index in [2.05, 4.69) is 20.8 Å².